The SMILES string of the molecule is O=S(=O)([O-])CNc1ccc(N=Nc2ccc(Nc3ccccc3)c(S(=O)(=O)[O-])c2)c2ccccc12.[Na+].[Na+]. The van der Waals surface area contributed by atoms with Crippen LogP contribution >= 0.6 is 0 Å². The molecule has 0 saturated carbocycles. The van der Waals surface area contributed by atoms with E-state index in [0.29, 0.717) is 27.8 Å². The van der Waals surface area contributed by atoms with Crippen molar-refractivity contribution in [3.8, 4) is 0 Å². The molecule has 4 aromatic rings. The first-order valence-corrected chi connectivity index (χ1v) is 13.1. The molecule has 0 aliphatic rings. The molecule has 0 heterocycles. The quantitative estimate of drug-likeness (QED) is 0.156. The maximum atomic E-state index is 11.9. The van der Waals surface area contributed by atoms with Gasteiger partial charge in [-0.25, -0.2) is 16.8 Å². The second-order valence-electron chi connectivity index (χ2n) is 7.38. The van der Waals surface area contributed by atoms with Crippen LogP contribution in [0.25, 0.3) is 10.8 Å². The number of hydrogen-bond acceptors (Lipinski definition) is 10. The smallest absolute Gasteiger partial charge is 0.747 e. The molecule has 10 nitrogen and oxygen atoms in total. The Morgan fingerprint density at radius 1 is 0.703 bits per heavy atom. The summed E-state index contributed by atoms with van der Waals surface area (Å²) in [6.07, 6.45) is 0. The fourth-order valence-electron chi connectivity index (χ4n) is 3.36. The topological polar surface area (TPSA) is 163 Å². The molecule has 4 aromatic carbocycles. The summed E-state index contributed by atoms with van der Waals surface area (Å²) in [7, 11) is -9.28. The van der Waals surface area contributed by atoms with Crippen molar-refractivity contribution < 1.29 is 85.1 Å². The van der Waals surface area contributed by atoms with Crippen LogP contribution in [0.5, 0.6) is 0 Å². The number of rotatable bonds is 8. The summed E-state index contributed by atoms with van der Waals surface area (Å²) >= 11 is 0. The Morgan fingerprint density at radius 3 is 1.97 bits per heavy atom. The summed E-state index contributed by atoms with van der Waals surface area (Å²) in [4.78, 5) is -0.471. The zero-order valence-electron chi connectivity index (χ0n) is 20.0. The first-order chi connectivity index (χ1) is 16.6. The maximum absolute atomic E-state index is 11.9. The molecule has 0 atom stereocenters. The molecule has 0 aliphatic carbocycles. The molecular formula is C23H18N4Na2O6S2. The van der Waals surface area contributed by atoms with E-state index in [1.807, 2.05) is 0 Å². The first kappa shape index (κ1) is 31.4. The number of anilines is 3. The minimum absolute atomic E-state index is 0. The van der Waals surface area contributed by atoms with Crippen molar-refractivity contribution in [3.05, 3.63) is 84.9 Å². The van der Waals surface area contributed by atoms with E-state index in [4.69, 9.17) is 0 Å². The Labute approximate surface area is 258 Å². The zero-order valence-corrected chi connectivity index (χ0v) is 25.6. The number of nitrogens with one attached hydrogen (secondary N) is 2. The third-order valence-electron chi connectivity index (χ3n) is 4.90. The van der Waals surface area contributed by atoms with Crippen molar-refractivity contribution in [2.24, 2.45) is 10.2 Å². The number of fused-ring (bicyclic) bond motifs is 1. The van der Waals surface area contributed by atoms with Crippen LogP contribution in [0.3, 0.4) is 0 Å². The monoisotopic (exact) mass is 556 g/mol. The molecule has 0 amide bonds. The second-order valence-corrected chi connectivity index (χ2v) is 10.1. The van der Waals surface area contributed by atoms with E-state index in [1.54, 1.807) is 66.7 Å². The van der Waals surface area contributed by atoms with Gasteiger partial charge in [0.05, 0.1) is 22.0 Å². The van der Waals surface area contributed by atoms with E-state index >= 15 is 0 Å². The van der Waals surface area contributed by atoms with Gasteiger partial charge in [0, 0.05) is 22.1 Å². The molecule has 0 aromatic heterocycles. The average molecular weight is 557 g/mol. The van der Waals surface area contributed by atoms with Gasteiger partial charge in [-0.05, 0) is 42.5 Å². The maximum Gasteiger partial charge on any atom is 1.00 e. The Hall–Kier alpha value is -1.84. The molecular weight excluding hydrogens is 538 g/mol. The number of azo groups is 1. The van der Waals surface area contributed by atoms with Crippen LogP contribution < -0.4 is 69.7 Å². The van der Waals surface area contributed by atoms with Crippen LogP contribution in [-0.4, -0.2) is 31.8 Å². The Bertz CT molecular complexity index is 1630. The molecule has 0 unspecified atom stereocenters. The molecule has 14 heteroatoms. The van der Waals surface area contributed by atoms with Gasteiger partial charge in [-0.3, -0.25) is 0 Å². The second kappa shape index (κ2) is 13.3. The van der Waals surface area contributed by atoms with E-state index in [9.17, 15) is 25.9 Å². The van der Waals surface area contributed by atoms with Crippen LogP contribution in [0.2, 0.25) is 0 Å². The summed E-state index contributed by atoms with van der Waals surface area (Å²) in [5, 5.41) is 15.0. The minimum atomic E-state index is -4.81. The van der Waals surface area contributed by atoms with Crippen LogP contribution in [0.4, 0.5) is 28.4 Å². The zero-order chi connectivity index (χ0) is 25.1. The molecule has 0 bridgehead atoms. The van der Waals surface area contributed by atoms with Crippen molar-refractivity contribution in [2.75, 3.05) is 16.5 Å². The van der Waals surface area contributed by atoms with Gasteiger partial charge in [0.25, 0.3) is 0 Å². The predicted molar refractivity (Wildman–Crippen MR) is 130 cm³/mol. The summed E-state index contributed by atoms with van der Waals surface area (Å²) < 4.78 is 68.5. The van der Waals surface area contributed by atoms with Gasteiger partial charge in [0.2, 0.25) is 0 Å². The standard InChI is InChI=1S/C23H20N4O6S2.2Na/c28-34(29,30)15-24-20-12-13-21(19-9-5-4-8-18(19)20)27-26-17-10-11-22(23(14-17)35(31,32)33)25-16-6-2-1-3-7-16;;/h1-14,24-25H,15H2,(H,28,29,30)(H,31,32,33);;/q;2*+1/p-2. The van der Waals surface area contributed by atoms with Crippen LogP contribution in [0, 0.1) is 0 Å². The van der Waals surface area contributed by atoms with E-state index in [1.165, 1.54) is 12.1 Å². The minimum Gasteiger partial charge on any atom is -0.747 e. The van der Waals surface area contributed by atoms with E-state index < -0.39 is 31.0 Å². The fraction of sp³-hybridized carbons (Fsp3) is 0.0435. The van der Waals surface area contributed by atoms with Crippen LogP contribution in [0.1, 0.15) is 0 Å². The first-order valence-electron chi connectivity index (χ1n) is 10.1. The average Bonchev–Trinajstić information content (AvgIpc) is 2.82. The third kappa shape index (κ3) is 8.58. The fourth-order valence-corrected chi connectivity index (χ4v) is 4.35. The molecule has 0 aliphatic heterocycles. The van der Waals surface area contributed by atoms with E-state index in [0.717, 1.165) is 6.07 Å². The van der Waals surface area contributed by atoms with Crippen molar-refractivity contribution in [3.63, 3.8) is 0 Å². The van der Waals surface area contributed by atoms with E-state index in [2.05, 4.69) is 20.9 Å². The predicted octanol–water partition coefficient (Wildman–Crippen LogP) is -1.17. The summed E-state index contributed by atoms with van der Waals surface area (Å²) in [5.41, 5.74) is 1.70. The Morgan fingerprint density at radius 2 is 1.32 bits per heavy atom. The molecule has 0 saturated heterocycles. The molecule has 0 spiro atoms. The van der Waals surface area contributed by atoms with Gasteiger partial charge in [-0.15, -0.1) is 5.11 Å². The molecule has 2 N–H and O–H groups in total. The van der Waals surface area contributed by atoms with Gasteiger partial charge in [0.1, 0.15) is 26.1 Å². The molecule has 37 heavy (non-hydrogen) atoms. The van der Waals surface area contributed by atoms with Crippen LogP contribution in [0.15, 0.2) is 100 Å². The van der Waals surface area contributed by atoms with Crippen LogP contribution in [-0.2, 0) is 20.2 Å². The van der Waals surface area contributed by atoms with Gasteiger partial charge in [0.15, 0.2) is 0 Å². The van der Waals surface area contributed by atoms with Crippen molar-refractivity contribution in [1.29, 1.82) is 0 Å². The number of para-hydroxylation sites is 1. The molecule has 0 radical (unpaired) electrons. The third-order valence-corrected chi connectivity index (χ3v) is 6.28. The van der Waals surface area contributed by atoms with Gasteiger partial charge in [-0.2, -0.15) is 5.11 Å². The molecule has 180 valence electrons. The molecule has 0 fully saturated rings. The van der Waals surface area contributed by atoms with Crippen molar-refractivity contribution in [2.45, 2.75) is 4.90 Å². The number of hydrogen-bond donors (Lipinski definition) is 2. The number of benzene rings is 4. The van der Waals surface area contributed by atoms with Gasteiger partial charge >= 0.3 is 59.1 Å². The normalized spacial score (nSPS) is 11.5. The van der Waals surface area contributed by atoms with E-state index in [-0.39, 0.29) is 70.5 Å². The van der Waals surface area contributed by atoms with Crippen molar-refractivity contribution in [1.82, 2.24) is 0 Å². The Kier molecular flexibility index (Phi) is 11.3. The summed E-state index contributed by atoms with van der Waals surface area (Å²) in [6, 6.07) is 22.9. The van der Waals surface area contributed by atoms with Gasteiger partial charge in [-0.1, -0.05) is 42.5 Å². The molecule has 4 rings (SSSR count). The summed E-state index contributed by atoms with van der Waals surface area (Å²) in [5.74, 6) is -0.770. The van der Waals surface area contributed by atoms with Gasteiger partial charge < -0.3 is 19.7 Å². The summed E-state index contributed by atoms with van der Waals surface area (Å²) in [6.45, 7) is 0. The largest absolute Gasteiger partial charge is 1.00 e. The van der Waals surface area contributed by atoms with Crippen molar-refractivity contribution >= 4 is 59.4 Å². The number of nitrogens with zero attached hydrogens (tertiary/aromatic N) is 2. The Balaban J connectivity index is 0.00000241.